The Morgan fingerprint density at radius 2 is 1.84 bits per heavy atom. The fraction of sp³-hybridized carbons (Fsp3) is 0.500. The van der Waals surface area contributed by atoms with Gasteiger partial charge in [0.05, 0.1) is 22.7 Å². The molecule has 3 rings (SSSR count). The molecule has 3 aromatic rings. The number of nitrogens with zero attached hydrogens (tertiary/aromatic N) is 3. The van der Waals surface area contributed by atoms with Crippen LogP contribution in [-0.4, -0.2) is 54.0 Å². The predicted molar refractivity (Wildman–Crippen MR) is 127 cm³/mol. The van der Waals surface area contributed by atoms with Crippen LogP contribution in [0.2, 0.25) is 0 Å². The van der Waals surface area contributed by atoms with Gasteiger partial charge in [0, 0.05) is 38.7 Å². The number of aryl methyl sites for hydroxylation is 1. The summed E-state index contributed by atoms with van der Waals surface area (Å²) in [5.74, 6) is 1.30. The molecule has 8 heteroatoms. The summed E-state index contributed by atoms with van der Waals surface area (Å²) in [6.45, 7) is 9.11. The highest BCUT2D eigenvalue weighted by Crippen LogP contribution is 2.23. The van der Waals surface area contributed by atoms with E-state index >= 15 is 0 Å². The lowest BCUT2D eigenvalue weighted by Crippen LogP contribution is -2.41. The molecule has 0 spiro atoms. The first-order valence-electron chi connectivity index (χ1n) is 11.2. The van der Waals surface area contributed by atoms with Gasteiger partial charge >= 0.3 is 0 Å². The molecule has 1 aromatic carbocycles. The number of hydrogen-bond acceptors (Lipinski definition) is 5. The summed E-state index contributed by atoms with van der Waals surface area (Å²) in [4.78, 5) is 12.7. The van der Waals surface area contributed by atoms with Gasteiger partial charge in [-0.3, -0.25) is 4.98 Å². The van der Waals surface area contributed by atoms with Gasteiger partial charge in [-0.25, -0.2) is 13.4 Å². The molecule has 0 unspecified atom stereocenters. The molecule has 0 aliphatic heterocycles. The number of likely N-dealkylation sites (N-methyl/N-ethyl adjacent to an activating group) is 1. The van der Waals surface area contributed by atoms with E-state index in [2.05, 4.69) is 35.7 Å². The van der Waals surface area contributed by atoms with Crippen LogP contribution in [0.25, 0.3) is 11.0 Å². The number of rotatable bonds is 11. The van der Waals surface area contributed by atoms with Crippen molar-refractivity contribution >= 4 is 21.1 Å². The van der Waals surface area contributed by atoms with Crippen molar-refractivity contribution < 1.29 is 13.2 Å². The summed E-state index contributed by atoms with van der Waals surface area (Å²) >= 11 is 0. The highest BCUT2D eigenvalue weighted by atomic mass is 32.2. The summed E-state index contributed by atoms with van der Waals surface area (Å²) in [6.07, 6.45) is 3.93. The minimum absolute atomic E-state index is 0.200. The molecule has 0 radical (unpaired) electrons. The molecule has 0 saturated heterocycles. The molecule has 0 saturated carbocycles. The fourth-order valence-corrected chi connectivity index (χ4v) is 5.14. The lowest BCUT2D eigenvalue weighted by molar-refractivity contribution is 0.0954. The van der Waals surface area contributed by atoms with Crippen molar-refractivity contribution in [3.05, 3.63) is 53.6 Å². The van der Waals surface area contributed by atoms with Crippen molar-refractivity contribution in [2.24, 2.45) is 5.92 Å². The van der Waals surface area contributed by atoms with Crippen molar-refractivity contribution in [1.29, 1.82) is 0 Å². The molecule has 0 amide bonds. The lowest BCUT2D eigenvalue weighted by Gasteiger charge is -2.28. The number of fused-ring (bicyclic) bond motifs is 1. The summed E-state index contributed by atoms with van der Waals surface area (Å²) in [5.41, 5.74) is 3.70. The zero-order chi connectivity index (χ0) is 23.3. The minimum atomic E-state index is -3.62. The number of imidazole rings is 1. The first-order chi connectivity index (χ1) is 15.3. The maximum absolute atomic E-state index is 13.2. The summed E-state index contributed by atoms with van der Waals surface area (Å²) in [5, 5.41) is 0. The maximum atomic E-state index is 13.2. The highest BCUT2D eigenvalue weighted by Gasteiger charge is 2.28. The topological polar surface area (TPSA) is 88.2 Å². The van der Waals surface area contributed by atoms with Crippen molar-refractivity contribution in [2.75, 3.05) is 20.3 Å². The smallest absolute Gasteiger partial charge is 0.243 e. The maximum Gasteiger partial charge on any atom is 0.243 e. The van der Waals surface area contributed by atoms with E-state index in [9.17, 15) is 8.42 Å². The molecule has 0 aliphatic rings. The van der Waals surface area contributed by atoms with Crippen molar-refractivity contribution in [3.63, 3.8) is 0 Å². The van der Waals surface area contributed by atoms with E-state index in [1.165, 1.54) is 4.31 Å². The van der Waals surface area contributed by atoms with E-state index in [-0.39, 0.29) is 10.9 Å². The predicted octanol–water partition coefficient (Wildman–Crippen LogP) is 4.18. The molecule has 1 atom stereocenters. The Hall–Kier alpha value is -2.29. The molecular formula is C24H34N4O3S. The van der Waals surface area contributed by atoms with E-state index in [4.69, 9.17) is 4.74 Å². The van der Waals surface area contributed by atoms with Crippen molar-refractivity contribution in [3.8, 4) is 0 Å². The number of pyridine rings is 1. The van der Waals surface area contributed by atoms with Crippen LogP contribution in [0.4, 0.5) is 0 Å². The Morgan fingerprint density at radius 3 is 2.47 bits per heavy atom. The Balaban J connectivity index is 1.80. The largest absolute Gasteiger partial charge is 0.380 e. The van der Waals surface area contributed by atoms with Gasteiger partial charge < -0.3 is 9.72 Å². The molecule has 2 aromatic heterocycles. The van der Waals surface area contributed by atoms with Crippen LogP contribution >= 0.6 is 0 Å². The number of ether oxygens (including phenoxy) is 1. The van der Waals surface area contributed by atoms with Crippen LogP contribution in [0.1, 0.15) is 51.2 Å². The fourth-order valence-electron chi connectivity index (χ4n) is 3.79. The first-order valence-corrected chi connectivity index (χ1v) is 12.7. The van der Waals surface area contributed by atoms with Gasteiger partial charge in [0.2, 0.25) is 10.0 Å². The van der Waals surface area contributed by atoms with Gasteiger partial charge in [0.25, 0.3) is 0 Å². The summed E-state index contributed by atoms with van der Waals surface area (Å²) in [7, 11) is -1.98. The van der Waals surface area contributed by atoms with E-state index in [0.29, 0.717) is 25.6 Å². The average Bonchev–Trinajstić information content (AvgIpc) is 3.21. The van der Waals surface area contributed by atoms with Gasteiger partial charge in [-0.05, 0) is 43.0 Å². The number of H-pyrrole nitrogens is 1. The number of benzene rings is 1. The zero-order valence-corrected chi connectivity index (χ0v) is 20.4. The average molecular weight is 459 g/mol. The van der Waals surface area contributed by atoms with Crippen LogP contribution in [0.5, 0.6) is 0 Å². The third-order valence-corrected chi connectivity index (χ3v) is 7.53. The second-order valence-electron chi connectivity index (χ2n) is 8.48. The molecule has 2 heterocycles. The normalized spacial score (nSPS) is 13.3. The third kappa shape index (κ3) is 5.54. The number of hydrogen-bond donors (Lipinski definition) is 1. The van der Waals surface area contributed by atoms with Crippen LogP contribution in [0.3, 0.4) is 0 Å². The third-order valence-electron chi connectivity index (χ3n) is 5.60. The van der Waals surface area contributed by atoms with Crippen LogP contribution in [0, 0.1) is 5.92 Å². The van der Waals surface area contributed by atoms with Crippen LogP contribution in [-0.2, 0) is 27.6 Å². The van der Waals surface area contributed by atoms with E-state index < -0.39 is 10.0 Å². The van der Waals surface area contributed by atoms with E-state index in [0.717, 1.165) is 41.0 Å². The molecular weight excluding hydrogens is 424 g/mol. The highest BCUT2D eigenvalue weighted by molar-refractivity contribution is 7.89. The summed E-state index contributed by atoms with van der Waals surface area (Å²) in [6, 6.07) is 8.79. The van der Waals surface area contributed by atoms with Crippen molar-refractivity contribution in [2.45, 2.75) is 57.9 Å². The Labute approximate surface area is 191 Å². The molecule has 174 valence electrons. The molecule has 0 aliphatic carbocycles. The lowest BCUT2D eigenvalue weighted by atomic mass is 10.0. The van der Waals surface area contributed by atoms with Gasteiger partial charge in [-0.1, -0.05) is 32.9 Å². The number of nitrogens with one attached hydrogen (secondary N) is 1. The van der Waals surface area contributed by atoms with Crippen LogP contribution in [0.15, 0.2) is 41.4 Å². The van der Waals surface area contributed by atoms with Gasteiger partial charge in [0.1, 0.15) is 11.3 Å². The second kappa shape index (κ2) is 10.6. The van der Waals surface area contributed by atoms with Gasteiger partial charge in [0.15, 0.2) is 0 Å². The first kappa shape index (κ1) is 24.4. The minimum Gasteiger partial charge on any atom is -0.380 e. The van der Waals surface area contributed by atoms with E-state index in [1.807, 2.05) is 25.1 Å². The quantitative estimate of drug-likeness (QED) is 0.466. The Bertz CT molecular complexity index is 1120. The van der Waals surface area contributed by atoms with Gasteiger partial charge in [-0.2, -0.15) is 4.31 Å². The van der Waals surface area contributed by atoms with Crippen LogP contribution < -0.4 is 0 Å². The van der Waals surface area contributed by atoms with Crippen molar-refractivity contribution in [1.82, 2.24) is 19.3 Å². The van der Waals surface area contributed by atoms with Gasteiger partial charge in [-0.15, -0.1) is 0 Å². The molecule has 32 heavy (non-hydrogen) atoms. The second-order valence-corrected chi connectivity index (χ2v) is 10.5. The molecule has 7 nitrogen and oxygen atoms in total. The Morgan fingerprint density at radius 1 is 1.12 bits per heavy atom. The van der Waals surface area contributed by atoms with E-state index in [1.54, 1.807) is 25.4 Å². The SMILES string of the molecule is CCOC[C@H](CC(C)C)N(C)S(=O)(=O)c1ccc(Cc2nccc3[nH]c(CC)nc23)cc1. The summed E-state index contributed by atoms with van der Waals surface area (Å²) < 4.78 is 33.5. The zero-order valence-electron chi connectivity index (χ0n) is 19.6. The Kier molecular flexibility index (Phi) is 8.03. The number of aromatic nitrogens is 3. The molecule has 0 bridgehead atoms. The molecule has 1 N–H and O–H groups in total. The standard InChI is InChI=1S/C24H34N4O3S/c1-6-23-26-21-12-13-25-22(24(21)27-23)15-18-8-10-20(11-9-18)32(29,30)28(5)19(14-17(3)4)16-31-7-2/h8-13,17,19H,6-7,14-16H2,1-5H3,(H,26,27)/t19-/m0/s1. The number of sulfonamides is 1. The molecule has 0 fully saturated rings. The monoisotopic (exact) mass is 458 g/mol. The number of aromatic amines is 1.